The zero-order valence-corrected chi connectivity index (χ0v) is 12.6. The average molecular weight is 303 g/mol. The Bertz CT molecular complexity index is 662. The molecule has 5 nitrogen and oxygen atoms in total. The Morgan fingerprint density at radius 1 is 1.36 bits per heavy atom. The number of methoxy groups -OCH3 is 1. The lowest BCUT2D eigenvalue weighted by Gasteiger charge is -2.61. The molecule has 2 aliphatic carbocycles. The Balaban J connectivity index is 1.85. The molecule has 22 heavy (non-hydrogen) atoms. The van der Waals surface area contributed by atoms with Gasteiger partial charge in [0.2, 0.25) is 0 Å². The Hall–Kier alpha value is -1.30. The van der Waals surface area contributed by atoms with E-state index in [-0.39, 0.29) is 12.1 Å². The summed E-state index contributed by atoms with van der Waals surface area (Å²) < 4.78 is 11.7. The summed E-state index contributed by atoms with van der Waals surface area (Å²) in [6.45, 7) is 0.843. The molecule has 1 unspecified atom stereocenters. The van der Waals surface area contributed by atoms with E-state index in [4.69, 9.17) is 9.47 Å². The lowest BCUT2D eigenvalue weighted by Crippen LogP contribution is -2.76. The van der Waals surface area contributed by atoms with Crippen molar-refractivity contribution in [2.75, 3.05) is 13.7 Å². The first-order chi connectivity index (χ1) is 10.6. The van der Waals surface area contributed by atoms with Crippen molar-refractivity contribution >= 4 is 0 Å². The summed E-state index contributed by atoms with van der Waals surface area (Å²) in [5.41, 5.74) is 0.961. The summed E-state index contributed by atoms with van der Waals surface area (Å²) in [6.07, 6.45) is 1.86. The number of hydrogen-bond donors (Lipinski definition) is 3. The van der Waals surface area contributed by atoms with Crippen molar-refractivity contribution < 1.29 is 19.7 Å². The van der Waals surface area contributed by atoms with Gasteiger partial charge in [-0.1, -0.05) is 6.07 Å². The summed E-state index contributed by atoms with van der Waals surface area (Å²) >= 11 is 0. The standard InChI is InChI=1S/C17H21NO4/c1-21-11-3-2-9-8-12-17(20)5-4-10(19)15-16(17,6-7-18-12)13(9)14(11)22-15/h2-3,10,12,15,18-20H,4-8H2,1H3/t10?,12-,15+,16+,17-/m1/s1. The maximum Gasteiger partial charge on any atom is 0.166 e. The van der Waals surface area contributed by atoms with E-state index < -0.39 is 17.1 Å². The molecule has 1 aromatic carbocycles. The minimum absolute atomic E-state index is 0.0340. The van der Waals surface area contributed by atoms with Crippen LogP contribution >= 0.6 is 0 Å². The van der Waals surface area contributed by atoms with E-state index in [0.29, 0.717) is 18.6 Å². The Labute approximate surface area is 129 Å². The van der Waals surface area contributed by atoms with Gasteiger partial charge in [0.1, 0.15) is 6.10 Å². The van der Waals surface area contributed by atoms with Crippen molar-refractivity contribution in [2.45, 2.75) is 54.9 Å². The van der Waals surface area contributed by atoms with Gasteiger partial charge < -0.3 is 25.0 Å². The number of ether oxygens (including phenoxy) is 2. The van der Waals surface area contributed by atoms with Crippen LogP contribution in [0.15, 0.2) is 12.1 Å². The zero-order chi connectivity index (χ0) is 15.1. The molecule has 118 valence electrons. The third kappa shape index (κ3) is 1.21. The van der Waals surface area contributed by atoms with Crippen molar-refractivity contribution in [3.05, 3.63) is 23.3 Å². The van der Waals surface area contributed by atoms with Gasteiger partial charge >= 0.3 is 0 Å². The number of aliphatic hydroxyl groups excluding tert-OH is 1. The fourth-order valence-electron chi connectivity index (χ4n) is 5.57. The Kier molecular flexibility index (Phi) is 2.37. The molecule has 2 bridgehead atoms. The maximum absolute atomic E-state index is 11.6. The lowest BCUT2D eigenvalue weighted by atomic mass is 9.49. The van der Waals surface area contributed by atoms with E-state index in [1.807, 2.05) is 6.07 Å². The van der Waals surface area contributed by atoms with Gasteiger partial charge in [0.15, 0.2) is 11.5 Å². The summed E-state index contributed by atoms with van der Waals surface area (Å²) in [5, 5.41) is 25.7. The molecule has 0 radical (unpaired) electrons. The van der Waals surface area contributed by atoms with E-state index in [2.05, 4.69) is 11.4 Å². The first kappa shape index (κ1) is 13.2. The fourth-order valence-corrected chi connectivity index (χ4v) is 5.57. The second-order valence-corrected chi connectivity index (χ2v) is 7.13. The van der Waals surface area contributed by atoms with Gasteiger partial charge in [-0.3, -0.25) is 0 Å². The van der Waals surface area contributed by atoms with Crippen LogP contribution in [0.3, 0.4) is 0 Å². The van der Waals surface area contributed by atoms with Gasteiger partial charge in [-0.15, -0.1) is 0 Å². The van der Waals surface area contributed by atoms with Crippen LogP contribution in [0, 0.1) is 0 Å². The molecule has 1 saturated heterocycles. The molecule has 0 aromatic heterocycles. The minimum Gasteiger partial charge on any atom is -0.493 e. The van der Waals surface area contributed by atoms with Crippen molar-refractivity contribution in [3.8, 4) is 11.5 Å². The highest BCUT2D eigenvalue weighted by molar-refractivity contribution is 5.62. The topological polar surface area (TPSA) is 71.0 Å². The second kappa shape index (κ2) is 3.96. The smallest absolute Gasteiger partial charge is 0.166 e. The van der Waals surface area contributed by atoms with Crippen molar-refractivity contribution in [3.63, 3.8) is 0 Å². The highest BCUT2D eigenvalue weighted by Crippen LogP contribution is 2.64. The molecule has 2 heterocycles. The van der Waals surface area contributed by atoms with Crippen LogP contribution in [0.5, 0.6) is 11.5 Å². The molecule has 5 atom stereocenters. The molecule has 1 saturated carbocycles. The molecule has 2 aliphatic heterocycles. The summed E-state index contributed by atoms with van der Waals surface area (Å²) in [4.78, 5) is 0. The number of hydrogen-bond acceptors (Lipinski definition) is 5. The second-order valence-electron chi connectivity index (χ2n) is 7.13. The molecule has 2 fully saturated rings. The van der Waals surface area contributed by atoms with E-state index in [0.717, 1.165) is 30.7 Å². The van der Waals surface area contributed by atoms with Crippen LogP contribution in [0.1, 0.15) is 30.4 Å². The van der Waals surface area contributed by atoms with Crippen molar-refractivity contribution in [1.82, 2.24) is 5.32 Å². The number of rotatable bonds is 1. The van der Waals surface area contributed by atoms with Crippen LogP contribution in [0.2, 0.25) is 0 Å². The van der Waals surface area contributed by atoms with Gasteiger partial charge in [0.05, 0.1) is 24.2 Å². The predicted octanol–water partition coefficient (Wildman–Crippen LogP) is 0.498. The summed E-state index contributed by atoms with van der Waals surface area (Å²) in [7, 11) is 1.64. The molecule has 1 aromatic rings. The third-order valence-electron chi connectivity index (χ3n) is 6.46. The maximum atomic E-state index is 11.6. The zero-order valence-electron chi connectivity index (χ0n) is 12.6. The molecule has 5 heteroatoms. The quantitative estimate of drug-likeness (QED) is 0.705. The molecular formula is C17H21NO4. The normalized spacial score (nSPS) is 44.2. The molecule has 4 aliphatic rings. The van der Waals surface area contributed by atoms with E-state index in [1.54, 1.807) is 7.11 Å². The highest BCUT2D eigenvalue weighted by Gasteiger charge is 2.71. The molecule has 3 N–H and O–H groups in total. The van der Waals surface area contributed by atoms with Crippen LogP contribution in [0.25, 0.3) is 0 Å². The molecule has 0 amide bonds. The first-order valence-corrected chi connectivity index (χ1v) is 8.12. The van der Waals surface area contributed by atoms with Gasteiger partial charge in [-0.25, -0.2) is 0 Å². The van der Waals surface area contributed by atoms with Gasteiger partial charge in [0.25, 0.3) is 0 Å². The van der Waals surface area contributed by atoms with Crippen LogP contribution in [-0.4, -0.2) is 47.7 Å². The lowest BCUT2D eigenvalue weighted by molar-refractivity contribution is -0.179. The third-order valence-corrected chi connectivity index (χ3v) is 6.46. The Morgan fingerprint density at radius 3 is 3.05 bits per heavy atom. The monoisotopic (exact) mass is 303 g/mol. The highest BCUT2D eigenvalue weighted by atomic mass is 16.5. The van der Waals surface area contributed by atoms with Crippen molar-refractivity contribution in [2.24, 2.45) is 0 Å². The molecule has 5 rings (SSSR count). The van der Waals surface area contributed by atoms with Crippen LogP contribution in [0.4, 0.5) is 0 Å². The molecular weight excluding hydrogens is 282 g/mol. The van der Waals surface area contributed by atoms with E-state index >= 15 is 0 Å². The molecule has 1 spiro atoms. The summed E-state index contributed by atoms with van der Waals surface area (Å²) in [6, 6.07) is 4.06. The van der Waals surface area contributed by atoms with E-state index in [1.165, 1.54) is 5.56 Å². The first-order valence-electron chi connectivity index (χ1n) is 8.12. The Morgan fingerprint density at radius 2 is 2.23 bits per heavy atom. The predicted molar refractivity (Wildman–Crippen MR) is 79.4 cm³/mol. The SMILES string of the molecule is COc1ccc2c3c1O[C@H]1C(O)CC[C@@]4(O)[C@@H](C2)NCC[C@]314. The van der Waals surface area contributed by atoms with Gasteiger partial charge in [-0.2, -0.15) is 0 Å². The average Bonchev–Trinajstić information content (AvgIpc) is 2.85. The number of benzene rings is 1. The van der Waals surface area contributed by atoms with Crippen LogP contribution < -0.4 is 14.8 Å². The van der Waals surface area contributed by atoms with Crippen LogP contribution in [-0.2, 0) is 11.8 Å². The number of piperidine rings is 1. The van der Waals surface area contributed by atoms with Crippen molar-refractivity contribution in [1.29, 1.82) is 0 Å². The number of nitrogens with one attached hydrogen (secondary N) is 1. The fraction of sp³-hybridized carbons (Fsp3) is 0.647. The largest absolute Gasteiger partial charge is 0.493 e. The summed E-state index contributed by atoms with van der Waals surface area (Å²) in [5.74, 6) is 1.44. The number of aliphatic hydroxyl groups is 2. The van der Waals surface area contributed by atoms with Gasteiger partial charge in [0, 0.05) is 11.6 Å². The minimum atomic E-state index is -0.847. The van der Waals surface area contributed by atoms with E-state index in [9.17, 15) is 10.2 Å². The van der Waals surface area contributed by atoms with Gasteiger partial charge in [-0.05, 0) is 43.9 Å².